The zero-order chi connectivity index (χ0) is 17.3. The summed E-state index contributed by atoms with van der Waals surface area (Å²) in [4.78, 5) is 16.9. The van der Waals surface area contributed by atoms with Gasteiger partial charge in [-0.3, -0.25) is 4.79 Å². The second-order valence-electron chi connectivity index (χ2n) is 7.09. The van der Waals surface area contributed by atoms with Crippen LogP contribution in [-0.4, -0.2) is 15.5 Å². The first-order valence-corrected chi connectivity index (χ1v) is 8.15. The Morgan fingerprint density at radius 1 is 1.08 bits per heavy atom. The maximum atomic E-state index is 12.4. The van der Waals surface area contributed by atoms with Gasteiger partial charge in [0, 0.05) is 12.6 Å². The van der Waals surface area contributed by atoms with Crippen molar-refractivity contribution >= 4 is 16.9 Å². The van der Waals surface area contributed by atoms with Crippen LogP contribution in [0.5, 0.6) is 0 Å². The maximum absolute atomic E-state index is 12.4. The van der Waals surface area contributed by atoms with Gasteiger partial charge in [-0.15, -0.1) is 0 Å². The van der Waals surface area contributed by atoms with Crippen LogP contribution in [0, 0.1) is 0 Å². The van der Waals surface area contributed by atoms with Crippen molar-refractivity contribution in [3.8, 4) is 0 Å². The van der Waals surface area contributed by atoms with E-state index in [1.165, 1.54) is 5.56 Å². The minimum Gasteiger partial charge on any atom is -0.345 e. The van der Waals surface area contributed by atoms with Gasteiger partial charge in [0.1, 0.15) is 5.82 Å². The molecular weight excluding hydrogens is 298 g/mol. The second-order valence-corrected chi connectivity index (χ2v) is 7.09. The van der Waals surface area contributed by atoms with Crippen molar-refractivity contribution in [3.63, 3.8) is 0 Å². The Balaban J connectivity index is 1.72. The van der Waals surface area contributed by atoms with Gasteiger partial charge < -0.3 is 9.88 Å². The van der Waals surface area contributed by atoms with E-state index in [4.69, 9.17) is 0 Å². The fraction of sp³-hybridized carbons (Fsp3) is 0.300. The summed E-state index contributed by atoms with van der Waals surface area (Å²) in [6, 6.07) is 15.8. The predicted molar refractivity (Wildman–Crippen MR) is 97.0 cm³/mol. The van der Waals surface area contributed by atoms with Gasteiger partial charge in [0.25, 0.3) is 5.91 Å². The molecule has 2 aromatic carbocycles. The van der Waals surface area contributed by atoms with E-state index in [2.05, 4.69) is 31.1 Å². The molecule has 0 aliphatic carbocycles. The van der Waals surface area contributed by atoms with Crippen LogP contribution in [0.3, 0.4) is 0 Å². The first kappa shape index (κ1) is 16.2. The summed E-state index contributed by atoms with van der Waals surface area (Å²) in [7, 11) is 1.97. The molecule has 0 saturated carbocycles. The predicted octanol–water partition coefficient (Wildman–Crippen LogP) is 3.80. The van der Waals surface area contributed by atoms with E-state index in [9.17, 15) is 4.79 Å². The first-order chi connectivity index (χ1) is 11.4. The summed E-state index contributed by atoms with van der Waals surface area (Å²) in [5.74, 6) is 0.762. The molecule has 4 nitrogen and oxygen atoms in total. The molecule has 0 radical (unpaired) electrons. The lowest BCUT2D eigenvalue weighted by Gasteiger charge is -2.19. The Labute approximate surface area is 142 Å². The second kappa shape index (κ2) is 6.11. The third-order valence-electron chi connectivity index (χ3n) is 4.30. The number of nitrogens with zero attached hydrogens (tertiary/aromatic N) is 2. The number of para-hydroxylation sites is 2. The average Bonchev–Trinajstić information content (AvgIpc) is 2.88. The van der Waals surface area contributed by atoms with Gasteiger partial charge in [0.15, 0.2) is 0 Å². The number of amides is 1. The zero-order valence-corrected chi connectivity index (χ0v) is 14.6. The summed E-state index contributed by atoms with van der Waals surface area (Å²) in [5, 5.41) is 2.95. The molecule has 0 bridgehead atoms. The molecule has 3 aromatic rings. The van der Waals surface area contributed by atoms with Crippen molar-refractivity contribution < 1.29 is 4.79 Å². The van der Waals surface area contributed by atoms with Crippen LogP contribution in [0.1, 0.15) is 42.5 Å². The summed E-state index contributed by atoms with van der Waals surface area (Å²) in [5.41, 5.74) is 3.98. The highest BCUT2D eigenvalue weighted by molar-refractivity contribution is 5.94. The average molecular weight is 321 g/mol. The van der Waals surface area contributed by atoms with Gasteiger partial charge in [-0.2, -0.15) is 0 Å². The quantitative estimate of drug-likeness (QED) is 0.797. The van der Waals surface area contributed by atoms with Crippen LogP contribution in [0.2, 0.25) is 0 Å². The fourth-order valence-electron chi connectivity index (χ4n) is 2.74. The number of fused-ring (bicyclic) bond motifs is 1. The Kier molecular flexibility index (Phi) is 4.14. The molecule has 0 spiro atoms. The van der Waals surface area contributed by atoms with E-state index < -0.39 is 0 Å². The standard InChI is InChI=1S/C20H23N3O/c1-20(2,3)15-11-9-14(10-12-15)19(24)21-13-18-22-16-7-5-6-8-17(16)23(18)4/h5-12H,13H2,1-4H3,(H,21,24). The molecule has 124 valence electrons. The number of nitrogens with one attached hydrogen (secondary N) is 1. The largest absolute Gasteiger partial charge is 0.345 e. The third-order valence-corrected chi connectivity index (χ3v) is 4.30. The Morgan fingerprint density at radius 2 is 1.75 bits per heavy atom. The lowest BCUT2D eigenvalue weighted by atomic mass is 9.87. The number of hydrogen-bond donors (Lipinski definition) is 1. The monoisotopic (exact) mass is 321 g/mol. The van der Waals surface area contributed by atoms with Gasteiger partial charge in [0.05, 0.1) is 17.6 Å². The number of benzene rings is 2. The van der Waals surface area contributed by atoms with Gasteiger partial charge >= 0.3 is 0 Å². The van der Waals surface area contributed by atoms with Crippen molar-refractivity contribution in [3.05, 3.63) is 65.5 Å². The van der Waals surface area contributed by atoms with Gasteiger partial charge in [-0.25, -0.2) is 4.98 Å². The van der Waals surface area contributed by atoms with Crippen molar-refractivity contribution in [1.82, 2.24) is 14.9 Å². The lowest BCUT2D eigenvalue weighted by molar-refractivity contribution is 0.0949. The van der Waals surface area contributed by atoms with E-state index in [1.807, 2.05) is 60.1 Å². The lowest BCUT2D eigenvalue weighted by Crippen LogP contribution is -2.24. The molecule has 0 fully saturated rings. The molecule has 3 rings (SSSR count). The Bertz CT molecular complexity index is 870. The van der Waals surface area contributed by atoms with E-state index in [0.717, 1.165) is 16.9 Å². The van der Waals surface area contributed by atoms with Gasteiger partial charge in [-0.05, 0) is 35.2 Å². The molecule has 0 unspecified atom stereocenters. The van der Waals surface area contributed by atoms with E-state index >= 15 is 0 Å². The highest BCUT2D eigenvalue weighted by atomic mass is 16.1. The maximum Gasteiger partial charge on any atom is 0.251 e. The summed E-state index contributed by atoms with van der Waals surface area (Å²) in [6.45, 7) is 6.89. The summed E-state index contributed by atoms with van der Waals surface area (Å²) in [6.07, 6.45) is 0. The number of aryl methyl sites for hydroxylation is 1. The molecular formula is C20H23N3O. The Morgan fingerprint density at radius 3 is 2.38 bits per heavy atom. The van der Waals surface area contributed by atoms with Crippen LogP contribution in [0.4, 0.5) is 0 Å². The minimum atomic E-state index is -0.0810. The smallest absolute Gasteiger partial charge is 0.251 e. The number of carbonyl (C=O) groups excluding carboxylic acids is 1. The number of carbonyl (C=O) groups is 1. The molecule has 1 aromatic heterocycles. The first-order valence-electron chi connectivity index (χ1n) is 8.15. The summed E-state index contributed by atoms with van der Waals surface area (Å²) < 4.78 is 2.01. The molecule has 1 heterocycles. The minimum absolute atomic E-state index is 0.0810. The molecule has 0 aliphatic rings. The van der Waals surface area contributed by atoms with E-state index in [0.29, 0.717) is 12.1 Å². The van der Waals surface area contributed by atoms with Crippen molar-refractivity contribution in [1.29, 1.82) is 0 Å². The number of hydrogen-bond acceptors (Lipinski definition) is 2. The molecule has 1 N–H and O–H groups in total. The fourth-order valence-corrected chi connectivity index (χ4v) is 2.74. The van der Waals surface area contributed by atoms with Crippen molar-refractivity contribution in [2.75, 3.05) is 0 Å². The molecule has 0 saturated heterocycles. The number of imidazole rings is 1. The topological polar surface area (TPSA) is 46.9 Å². The molecule has 1 amide bonds. The van der Waals surface area contributed by atoms with Gasteiger partial charge in [-0.1, -0.05) is 45.0 Å². The summed E-state index contributed by atoms with van der Waals surface area (Å²) >= 11 is 0. The highest BCUT2D eigenvalue weighted by Crippen LogP contribution is 2.22. The molecule has 0 atom stereocenters. The zero-order valence-electron chi connectivity index (χ0n) is 14.6. The van der Waals surface area contributed by atoms with Crippen molar-refractivity contribution in [2.24, 2.45) is 7.05 Å². The highest BCUT2D eigenvalue weighted by Gasteiger charge is 2.14. The van der Waals surface area contributed by atoms with Crippen LogP contribution in [0.15, 0.2) is 48.5 Å². The molecule has 4 heteroatoms. The number of aromatic nitrogens is 2. The van der Waals surface area contributed by atoms with Crippen LogP contribution in [-0.2, 0) is 19.0 Å². The Hall–Kier alpha value is -2.62. The van der Waals surface area contributed by atoms with Crippen LogP contribution in [0.25, 0.3) is 11.0 Å². The van der Waals surface area contributed by atoms with E-state index in [1.54, 1.807) is 0 Å². The number of rotatable bonds is 3. The van der Waals surface area contributed by atoms with Crippen LogP contribution >= 0.6 is 0 Å². The molecule has 0 aliphatic heterocycles. The van der Waals surface area contributed by atoms with E-state index in [-0.39, 0.29) is 11.3 Å². The normalized spacial score (nSPS) is 11.7. The van der Waals surface area contributed by atoms with Crippen LogP contribution < -0.4 is 5.32 Å². The van der Waals surface area contributed by atoms with Gasteiger partial charge in [0.2, 0.25) is 0 Å². The third kappa shape index (κ3) is 3.18. The van der Waals surface area contributed by atoms with Crippen molar-refractivity contribution in [2.45, 2.75) is 32.7 Å². The molecule has 24 heavy (non-hydrogen) atoms. The SMILES string of the molecule is Cn1c(CNC(=O)c2ccc(C(C)(C)C)cc2)nc2ccccc21.